The van der Waals surface area contributed by atoms with Gasteiger partial charge in [0.05, 0.1) is 12.8 Å². The summed E-state index contributed by atoms with van der Waals surface area (Å²) in [5, 5.41) is 12.4. The summed E-state index contributed by atoms with van der Waals surface area (Å²) in [7, 11) is 1.40. The fourth-order valence-electron chi connectivity index (χ4n) is 2.08. The van der Waals surface area contributed by atoms with Crippen molar-refractivity contribution < 1.29 is 19.0 Å². The smallest absolute Gasteiger partial charge is 0.224 e. The number of phenols is 1. The highest BCUT2D eigenvalue weighted by Gasteiger charge is 2.08. The summed E-state index contributed by atoms with van der Waals surface area (Å²) in [6, 6.07) is 9.64. The van der Waals surface area contributed by atoms with E-state index in [1.807, 2.05) is 6.92 Å². The third-order valence-corrected chi connectivity index (χ3v) is 3.28. The number of halogens is 1. The third kappa shape index (κ3) is 3.97. The number of amides is 1. The summed E-state index contributed by atoms with van der Waals surface area (Å²) < 4.78 is 18.4. The molecule has 0 spiro atoms. The predicted octanol–water partition coefficient (Wildman–Crippen LogP) is 3.42. The first-order valence-electron chi connectivity index (χ1n) is 6.91. The van der Waals surface area contributed by atoms with Crippen LogP contribution in [0.15, 0.2) is 36.4 Å². The van der Waals surface area contributed by atoms with Crippen molar-refractivity contribution in [2.24, 2.45) is 0 Å². The molecular formula is C17H18FNO3. The minimum Gasteiger partial charge on any atom is -0.506 e. The Bertz CT molecular complexity index is 686. The number of ether oxygens (including phenoxy) is 1. The van der Waals surface area contributed by atoms with Gasteiger partial charge >= 0.3 is 0 Å². The lowest BCUT2D eigenvalue weighted by Gasteiger charge is -2.08. The number of nitrogens with one attached hydrogen (secondary N) is 1. The van der Waals surface area contributed by atoms with Crippen LogP contribution in [0.3, 0.4) is 0 Å². The lowest BCUT2D eigenvalue weighted by atomic mass is 10.1. The van der Waals surface area contributed by atoms with Crippen LogP contribution in [0.4, 0.5) is 10.1 Å². The zero-order chi connectivity index (χ0) is 16.1. The van der Waals surface area contributed by atoms with Gasteiger partial charge in [0.2, 0.25) is 5.91 Å². The zero-order valence-electron chi connectivity index (χ0n) is 12.5. The number of aromatic hydroxyl groups is 1. The summed E-state index contributed by atoms with van der Waals surface area (Å²) in [5.41, 5.74) is 1.99. The Morgan fingerprint density at radius 3 is 2.68 bits per heavy atom. The van der Waals surface area contributed by atoms with Gasteiger partial charge in [-0.3, -0.25) is 4.79 Å². The molecule has 0 saturated heterocycles. The fraction of sp³-hybridized carbons (Fsp3) is 0.235. The molecule has 0 bridgehead atoms. The largest absolute Gasteiger partial charge is 0.506 e. The predicted molar refractivity (Wildman–Crippen MR) is 82.7 cm³/mol. The van der Waals surface area contributed by atoms with E-state index in [0.29, 0.717) is 17.7 Å². The molecule has 1 amide bonds. The summed E-state index contributed by atoms with van der Waals surface area (Å²) in [6.07, 6.45) is 0.596. The molecule has 5 heteroatoms. The van der Waals surface area contributed by atoms with Crippen molar-refractivity contribution in [3.63, 3.8) is 0 Å². The van der Waals surface area contributed by atoms with E-state index >= 15 is 0 Å². The van der Waals surface area contributed by atoms with Gasteiger partial charge in [-0.1, -0.05) is 12.1 Å². The number of methoxy groups -OCH3 is 1. The molecule has 2 aromatic rings. The van der Waals surface area contributed by atoms with Gasteiger partial charge < -0.3 is 15.2 Å². The van der Waals surface area contributed by atoms with Crippen molar-refractivity contribution in [1.82, 2.24) is 0 Å². The van der Waals surface area contributed by atoms with E-state index in [1.165, 1.54) is 19.2 Å². The number of carbonyl (C=O) groups is 1. The van der Waals surface area contributed by atoms with Gasteiger partial charge in [0, 0.05) is 6.42 Å². The number of hydrogen-bond donors (Lipinski definition) is 2. The number of benzene rings is 2. The Morgan fingerprint density at radius 1 is 1.27 bits per heavy atom. The highest BCUT2D eigenvalue weighted by Crippen LogP contribution is 2.24. The van der Waals surface area contributed by atoms with E-state index in [0.717, 1.165) is 5.56 Å². The number of anilines is 1. The van der Waals surface area contributed by atoms with Gasteiger partial charge in [-0.2, -0.15) is 0 Å². The highest BCUT2D eigenvalue weighted by molar-refractivity contribution is 5.92. The van der Waals surface area contributed by atoms with Gasteiger partial charge in [0.25, 0.3) is 0 Å². The molecule has 2 rings (SSSR count). The molecule has 2 N–H and O–H groups in total. The quantitative estimate of drug-likeness (QED) is 0.832. The molecule has 0 aliphatic rings. The van der Waals surface area contributed by atoms with Crippen LogP contribution in [0.1, 0.15) is 17.5 Å². The number of rotatable bonds is 5. The van der Waals surface area contributed by atoms with Crippen LogP contribution in [0.2, 0.25) is 0 Å². The first-order chi connectivity index (χ1) is 10.5. The first-order valence-corrected chi connectivity index (χ1v) is 6.91. The molecule has 116 valence electrons. The van der Waals surface area contributed by atoms with Crippen LogP contribution in [-0.2, 0) is 11.2 Å². The fourth-order valence-corrected chi connectivity index (χ4v) is 2.08. The molecule has 2 aromatic carbocycles. The van der Waals surface area contributed by atoms with Crippen molar-refractivity contribution >= 4 is 11.6 Å². The molecule has 0 atom stereocenters. The first kappa shape index (κ1) is 15.8. The SMILES string of the molecule is COc1ccc(CCC(=O)Nc2ccc(C)cc2O)cc1F. The molecule has 4 nitrogen and oxygen atoms in total. The molecule has 0 aliphatic carbocycles. The van der Waals surface area contributed by atoms with Crippen molar-refractivity contribution in [2.75, 3.05) is 12.4 Å². The second kappa shape index (κ2) is 6.93. The summed E-state index contributed by atoms with van der Waals surface area (Å²) in [6.45, 7) is 1.85. The molecule has 0 unspecified atom stereocenters. The molecule has 0 radical (unpaired) electrons. The van der Waals surface area contributed by atoms with Crippen molar-refractivity contribution in [3.8, 4) is 11.5 Å². The lowest BCUT2D eigenvalue weighted by Crippen LogP contribution is -2.12. The second-order valence-electron chi connectivity index (χ2n) is 5.04. The number of carbonyl (C=O) groups excluding carboxylic acids is 1. The Labute approximate surface area is 128 Å². The molecule has 0 aromatic heterocycles. The van der Waals surface area contributed by atoms with E-state index in [2.05, 4.69) is 5.32 Å². The average molecular weight is 303 g/mol. The minimum absolute atomic E-state index is 0.0313. The third-order valence-electron chi connectivity index (χ3n) is 3.28. The number of aryl methyl sites for hydroxylation is 2. The van der Waals surface area contributed by atoms with Gasteiger partial charge in [-0.05, 0) is 48.7 Å². The van der Waals surface area contributed by atoms with Gasteiger partial charge in [-0.25, -0.2) is 4.39 Å². The average Bonchev–Trinajstić information content (AvgIpc) is 2.48. The van der Waals surface area contributed by atoms with Crippen LogP contribution in [0.5, 0.6) is 11.5 Å². The summed E-state index contributed by atoms with van der Waals surface area (Å²) >= 11 is 0. The maximum absolute atomic E-state index is 13.6. The molecule has 0 saturated carbocycles. The van der Waals surface area contributed by atoms with Crippen LogP contribution in [0, 0.1) is 12.7 Å². The normalized spacial score (nSPS) is 10.3. The Kier molecular flexibility index (Phi) is 4.99. The van der Waals surface area contributed by atoms with Crippen LogP contribution >= 0.6 is 0 Å². The van der Waals surface area contributed by atoms with Crippen LogP contribution in [-0.4, -0.2) is 18.1 Å². The van der Waals surface area contributed by atoms with Crippen molar-refractivity contribution in [1.29, 1.82) is 0 Å². The van der Waals surface area contributed by atoms with Gasteiger partial charge in [-0.15, -0.1) is 0 Å². The van der Waals surface area contributed by atoms with Crippen molar-refractivity contribution in [3.05, 3.63) is 53.3 Å². The van der Waals surface area contributed by atoms with E-state index in [-0.39, 0.29) is 23.8 Å². The zero-order valence-corrected chi connectivity index (χ0v) is 12.5. The summed E-state index contributed by atoms with van der Waals surface area (Å²) in [5.74, 6) is -0.478. The number of phenolic OH excluding ortho intramolecular Hbond substituents is 1. The van der Waals surface area contributed by atoms with Crippen molar-refractivity contribution in [2.45, 2.75) is 19.8 Å². The maximum Gasteiger partial charge on any atom is 0.224 e. The monoisotopic (exact) mass is 303 g/mol. The standard InChI is InChI=1S/C17H18FNO3/c1-11-3-6-14(15(20)9-11)19-17(21)8-5-12-4-7-16(22-2)13(18)10-12/h3-4,6-7,9-10,20H,5,8H2,1-2H3,(H,19,21). The molecule has 0 aliphatic heterocycles. The van der Waals surface area contributed by atoms with E-state index in [9.17, 15) is 14.3 Å². The van der Waals surface area contributed by atoms with E-state index in [1.54, 1.807) is 24.3 Å². The van der Waals surface area contributed by atoms with Gasteiger partial charge in [0.1, 0.15) is 5.75 Å². The molecule has 0 heterocycles. The number of hydrogen-bond acceptors (Lipinski definition) is 3. The lowest BCUT2D eigenvalue weighted by molar-refractivity contribution is -0.116. The van der Waals surface area contributed by atoms with E-state index < -0.39 is 5.82 Å². The van der Waals surface area contributed by atoms with Gasteiger partial charge in [0.15, 0.2) is 11.6 Å². The maximum atomic E-state index is 13.6. The molecule has 0 fully saturated rings. The Balaban J connectivity index is 1.94. The topological polar surface area (TPSA) is 58.6 Å². The van der Waals surface area contributed by atoms with Crippen LogP contribution in [0.25, 0.3) is 0 Å². The highest BCUT2D eigenvalue weighted by atomic mass is 19.1. The minimum atomic E-state index is -0.448. The Hall–Kier alpha value is -2.56. The van der Waals surface area contributed by atoms with E-state index in [4.69, 9.17) is 4.74 Å². The molecule has 22 heavy (non-hydrogen) atoms. The second-order valence-corrected chi connectivity index (χ2v) is 5.04. The molecular weight excluding hydrogens is 285 g/mol. The summed E-state index contributed by atoms with van der Waals surface area (Å²) in [4.78, 5) is 11.9. The van der Waals surface area contributed by atoms with Crippen LogP contribution < -0.4 is 10.1 Å². The Morgan fingerprint density at radius 2 is 2.05 bits per heavy atom.